The van der Waals surface area contributed by atoms with E-state index in [1.54, 1.807) is 0 Å². The van der Waals surface area contributed by atoms with Gasteiger partial charge in [0.1, 0.15) is 0 Å². The minimum Gasteiger partial charge on any atom is -0.302 e. The van der Waals surface area contributed by atoms with Gasteiger partial charge < -0.3 is 5.32 Å². The van der Waals surface area contributed by atoms with Crippen LogP contribution in [0.1, 0.15) is 24.3 Å². The fraction of sp³-hybridized carbons (Fsp3) is 0.455. The minimum atomic E-state index is 0.453. The summed E-state index contributed by atoms with van der Waals surface area (Å²) in [6.45, 7) is 3.43. The van der Waals surface area contributed by atoms with E-state index < -0.39 is 0 Å². The number of rotatable bonds is 1. The van der Waals surface area contributed by atoms with Gasteiger partial charge in [-0.25, -0.2) is 0 Å². The van der Waals surface area contributed by atoms with E-state index in [2.05, 4.69) is 52.4 Å². The van der Waals surface area contributed by atoms with Crippen molar-refractivity contribution in [3.8, 4) is 0 Å². The summed E-state index contributed by atoms with van der Waals surface area (Å²) in [5, 5.41) is 4.75. The van der Waals surface area contributed by atoms with Crippen LogP contribution < -0.4 is 5.32 Å². The van der Waals surface area contributed by atoms with Gasteiger partial charge in [0.25, 0.3) is 0 Å². The van der Waals surface area contributed by atoms with Crippen LogP contribution in [-0.2, 0) is 0 Å². The molecule has 0 spiro atoms. The van der Waals surface area contributed by atoms with Crippen molar-refractivity contribution in [2.75, 3.05) is 6.54 Å². The Balaban J connectivity index is 2.18. The second kappa shape index (κ2) is 4.69. The van der Waals surface area contributed by atoms with Gasteiger partial charge in [0.05, 0.1) is 5.37 Å². The highest BCUT2D eigenvalue weighted by molar-refractivity contribution is 9.10. The molecule has 1 aromatic carbocycles. The first-order valence-electron chi connectivity index (χ1n) is 4.90. The van der Waals surface area contributed by atoms with E-state index in [1.807, 2.05) is 11.8 Å². The third kappa shape index (κ3) is 2.33. The standard InChI is InChI=1S/C11H14BrNS/c1-8-6-7-13-11(14-8)9-4-2-3-5-10(9)12/h2-5,8,11,13H,6-7H2,1H3. The maximum Gasteiger partial charge on any atom is 0.0803 e. The van der Waals surface area contributed by atoms with Gasteiger partial charge in [-0.15, -0.1) is 11.8 Å². The zero-order chi connectivity index (χ0) is 9.97. The zero-order valence-corrected chi connectivity index (χ0v) is 10.6. The number of hydrogen-bond acceptors (Lipinski definition) is 2. The van der Waals surface area contributed by atoms with Gasteiger partial charge in [-0.05, 0) is 24.6 Å². The van der Waals surface area contributed by atoms with E-state index in [9.17, 15) is 0 Å². The topological polar surface area (TPSA) is 12.0 Å². The Morgan fingerprint density at radius 2 is 2.21 bits per heavy atom. The van der Waals surface area contributed by atoms with Gasteiger partial charge in [-0.1, -0.05) is 41.1 Å². The summed E-state index contributed by atoms with van der Waals surface area (Å²) in [5.41, 5.74) is 1.36. The smallest absolute Gasteiger partial charge is 0.0803 e. The summed E-state index contributed by atoms with van der Waals surface area (Å²) in [6, 6.07) is 8.45. The molecule has 1 aromatic rings. The van der Waals surface area contributed by atoms with Crippen LogP contribution in [0.15, 0.2) is 28.7 Å². The van der Waals surface area contributed by atoms with E-state index in [0.717, 1.165) is 11.8 Å². The highest BCUT2D eigenvalue weighted by Gasteiger charge is 2.21. The van der Waals surface area contributed by atoms with Crippen molar-refractivity contribution < 1.29 is 0 Å². The van der Waals surface area contributed by atoms with E-state index in [0.29, 0.717) is 5.37 Å². The van der Waals surface area contributed by atoms with Crippen LogP contribution in [0.4, 0.5) is 0 Å². The molecule has 0 aromatic heterocycles. The molecule has 1 heterocycles. The van der Waals surface area contributed by atoms with Crippen molar-refractivity contribution in [2.45, 2.75) is 24.0 Å². The molecule has 1 aliphatic heterocycles. The Kier molecular flexibility index (Phi) is 3.52. The van der Waals surface area contributed by atoms with Gasteiger partial charge in [0, 0.05) is 9.72 Å². The van der Waals surface area contributed by atoms with Crippen molar-refractivity contribution >= 4 is 27.7 Å². The molecule has 1 aliphatic rings. The Labute approximate surface area is 97.8 Å². The van der Waals surface area contributed by atoms with Crippen LogP contribution in [0, 0.1) is 0 Å². The number of halogens is 1. The molecule has 0 amide bonds. The molecule has 1 N–H and O–H groups in total. The minimum absolute atomic E-state index is 0.453. The monoisotopic (exact) mass is 271 g/mol. The number of nitrogens with one attached hydrogen (secondary N) is 1. The predicted molar refractivity (Wildman–Crippen MR) is 66.6 cm³/mol. The summed E-state index contributed by atoms with van der Waals surface area (Å²) >= 11 is 5.61. The average molecular weight is 272 g/mol. The van der Waals surface area contributed by atoms with Gasteiger partial charge in [-0.3, -0.25) is 0 Å². The number of hydrogen-bond donors (Lipinski definition) is 1. The zero-order valence-electron chi connectivity index (χ0n) is 8.16. The molecular weight excluding hydrogens is 258 g/mol. The molecular formula is C11H14BrNS. The molecule has 76 valence electrons. The second-order valence-electron chi connectivity index (χ2n) is 3.59. The van der Waals surface area contributed by atoms with Gasteiger partial charge in [0.2, 0.25) is 0 Å². The molecule has 3 heteroatoms. The van der Waals surface area contributed by atoms with E-state index in [4.69, 9.17) is 0 Å². The Hall–Kier alpha value is 0.01000. The maximum absolute atomic E-state index is 3.60. The summed E-state index contributed by atoms with van der Waals surface area (Å²) in [4.78, 5) is 0. The van der Waals surface area contributed by atoms with E-state index >= 15 is 0 Å². The highest BCUT2D eigenvalue weighted by atomic mass is 79.9. The lowest BCUT2D eigenvalue weighted by atomic mass is 10.2. The predicted octanol–water partition coefficient (Wildman–Crippen LogP) is 3.56. The largest absolute Gasteiger partial charge is 0.302 e. The first-order valence-corrected chi connectivity index (χ1v) is 6.64. The highest BCUT2D eigenvalue weighted by Crippen LogP contribution is 2.37. The summed E-state index contributed by atoms with van der Waals surface area (Å²) in [6.07, 6.45) is 1.27. The van der Waals surface area contributed by atoms with Crippen LogP contribution >= 0.6 is 27.7 Å². The molecule has 2 atom stereocenters. The first-order chi connectivity index (χ1) is 6.77. The normalized spacial score (nSPS) is 27.6. The maximum atomic E-state index is 3.60. The molecule has 0 bridgehead atoms. The molecule has 0 saturated carbocycles. The Bertz CT molecular complexity index is 316. The third-order valence-corrected chi connectivity index (χ3v) is 4.55. The fourth-order valence-electron chi connectivity index (χ4n) is 1.64. The lowest BCUT2D eigenvalue weighted by molar-refractivity contribution is 0.604. The van der Waals surface area contributed by atoms with Crippen molar-refractivity contribution in [3.05, 3.63) is 34.3 Å². The van der Waals surface area contributed by atoms with Crippen molar-refractivity contribution in [1.82, 2.24) is 5.32 Å². The van der Waals surface area contributed by atoms with Crippen molar-refractivity contribution in [2.24, 2.45) is 0 Å². The number of benzene rings is 1. The van der Waals surface area contributed by atoms with Crippen LogP contribution in [0.2, 0.25) is 0 Å². The average Bonchev–Trinajstić information content (AvgIpc) is 2.18. The molecule has 2 rings (SSSR count). The lowest BCUT2D eigenvalue weighted by Crippen LogP contribution is -2.28. The molecule has 1 nitrogen and oxygen atoms in total. The van der Waals surface area contributed by atoms with Crippen LogP contribution in [0.25, 0.3) is 0 Å². The summed E-state index contributed by atoms with van der Waals surface area (Å²) in [7, 11) is 0. The van der Waals surface area contributed by atoms with Gasteiger partial charge >= 0.3 is 0 Å². The molecule has 1 saturated heterocycles. The lowest BCUT2D eigenvalue weighted by Gasteiger charge is -2.28. The van der Waals surface area contributed by atoms with Crippen molar-refractivity contribution in [1.29, 1.82) is 0 Å². The molecule has 0 aliphatic carbocycles. The molecule has 1 fully saturated rings. The molecule has 0 radical (unpaired) electrons. The molecule has 14 heavy (non-hydrogen) atoms. The second-order valence-corrected chi connectivity index (χ2v) is 5.99. The first kappa shape index (κ1) is 10.5. The Morgan fingerprint density at radius 1 is 1.43 bits per heavy atom. The molecule has 2 unspecified atom stereocenters. The van der Waals surface area contributed by atoms with E-state index in [-0.39, 0.29) is 0 Å². The van der Waals surface area contributed by atoms with Gasteiger partial charge in [-0.2, -0.15) is 0 Å². The van der Waals surface area contributed by atoms with Crippen LogP contribution in [0.5, 0.6) is 0 Å². The number of thioether (sulfide) groups is 1. The fourth-order valence-corrected chi connectivity index (χ4v) is 3.59. The summed E-state index contributed by atoms with van der Waals surface area (Å²) < 4.78 is 1.21. The third-order valence-electron chi connectivity index (χ3n) is 2.44. The van der Waals surface area contributed by atoms with Gasteiger partial charge in [0.15, 0.2) is 0 Å². The van der Waals surface area contributed by atoms with Crippen LogP contribution in [-0.4, -0.2) is 11.8 Å². The Morgan fingerprint density at radius 3 is 2.93 bits per heavy atom. The van der Waals surface area contributed by atoms with E-state index in [1.165, 1.54) is 16.5 Å². The quantitative estimate of drug-likeness (QED) is 0.839. The van der Waals surface area contributed by atoms with Crippen molar-refractivity contribution in [3.63, 3.8) is 0 Å². The summed E-state index contributed by atoms with van der Waals surface area (Å²) in [5.74, 6) is 0. The van der Waals surface area contributed by atoms with Crippen LogP contribution in [0.3, 0.4) is 0 Å². The SMILES string of the molecule is CC1CCNC(c2ccccc2Br)S1.